The standard InChI is InChI=1S/C11H15N3O3/c1-13-10(15)6-14-11(16)7-17-9-5-3-2-4-8(9)12/h2-5H,6-7,12H2,1H3,(H,13,15)(H,14,16). The third-order valence-electron chi connectivity index (χ3n) is 2.00. The van der Waals surface area contributed by atoms with Crippen molar-refractivity contribution in [1.29, 1.82) is 0 Å². The molecule has 0 aliphatic heterocycles. The summed E-state index contributed by atoms with van der Waals surface area (Å²) < 4.78 is 5.20. The van der Waals surface area contributed by atoms with Crippen LogP contribution in [0, 0.1) is 0 Å². The SMILES string of the molecule is CNC(=O)CNC(=O)COc1ccccc1N. The van der Waals surface area contributed by atoms with Gasteiger partial charge in [0.25, 0.3) is 5.91 Å². The maximum Gasteiger partial charge on any atom is 0.258 e. The highest BCUT2D eigenvalue weighted by atomic mass is 16.5. The van der Waals surface area contributed by atoms with Gasteiger partial charge in [0.05, 0.1) is 12.2 Å². The molecule has 6 nitrogen and oxygen atoms in total. The fourth-order valence-corrected chi connectivity index (χ4v) is 1.07. The van der Waals surface area contributed by atoms with Gasteiger partial charge < -0.3 is 21.1 Å². The van der Waals surface area contributed by atoms with E-state index in [9.17, 15) is 9.59 Å². The van der Waals surface area contributed by atoms with Gasteiger partial charge in [0.1, 0.15) is 5.75 Å². The number of nitrogen functional groups attached to an aromatic ring is 1. The monoisotopic (exact) mass is 237 g/mol. The number of anilines is 1. The Balaban J connectivity index is 2.34. The number of rotatable bonds is 5. The van der Waals surface area contributed by atoms with Crippen LogP contribution in [0.25, 0.3) is 0 Å². The zero-order chi connectivity index (χ0) is 12.7. The van der Waals surface area contributed by atoms with Gasteiger partial charge in [0, 0.05) is 7.05 Å². The summed E-state index contributed by atoms with van der Waals surface area (Å²) in [5.74, 6) is -0.197. The van der Waals surface area contributed by atoms with Gasteiger partial charge in [0.15, 0.2) is 6.61 Å². The summed E-state index contributed by atoms with van der Waals surface area (Å²) in [5.41, 5.74) is 6.09. The molecule has 0 radical (unpaired) electrons. The lowest BCUT2D eigenvalue weighted by Crippen LogP contribution is -2.37. The first-order valence-corrected chi connectivity index (χ1v) is 5.08. The second-order valence-electron chi connectivity index (χ2n) is 3.28. The van der Waals surface area contributed by atoms with E-state index in [1.165, 1.54) is 7.05 Å². The Labute approximate surface area is 99.1 Å². The van der Waals surface area contributed by atoms with Crippen LogP contribution in [-0.2, 0) is 9.59 Å². The molecule has 2 amide bonds. The number of carbonyl (C=O) groups is 2. The molecule has 0 heterocycles. The molecule has 1 aromatic carbocycles. The summed E-state index contributed by atoms with van der Waals surface area (Å²) in [6.07, 6.45) is 0. The zero-order valence-electron chi connectivity index (χ0n) is 9.53. The van der Waals surface area contributed by atoms with Gasteiger partial charge in [0.2, 0.25) is 5.91 Å². The molecule has 0 saturated heterocycles. The van der Waals surface area contributed by atoms with E-state index in [2.05, 4.69) is 10.6 Å². The van der Waals surface area contributed by atoms with Crippen LogP contribution in [0.3, 0.4) is 0 Å². The molecule has 17 heavy (non-hydrogen) atoms. The number of nitrogens with one attached hydrogen (secondary N) is 2. The fourth-order valence-electron chi connectivity index (χ4n) is 1.07. The fraction of sp³-hybridized carbons (Fsp3) is 0.273. The summed E-state index contributed by atoms with van der Waals surface area (Å²) >= 11 is 0. The van der Waals surface area contributed by atoms with Gasteiger partial charge in [-0.15, -0.1) is 0 Å². The van der Waals surface area contributed by atoms with E-state index in [-0.39, 0.29) is 25.0 Å². The molecular formula is C11H15N3O3. The number of para-hydroxylation sites is 2. The van der Waals surface area contributed by atoms with Gasteiger partial charge in [-0.3, -0.25) is 9.59 Å². The number of likely N-dealkylation sites (N-methyl/N-ethyl adjacent to an activating group) is 1. The third-order valence-corrected chi connectivity index (χ3v) is 2.00. The average Bonchev–Trinajstić information content (AvgIpc) is 2.35. The highest BCUT2D eigenvalue weighted by molar-refractivity contribution is 5.85. The molecule has 0 aliphatic carbocycles. The Morgan fingerprint density at radius 2 is 2.00 bits per heavy atom. The molecule has 0 aromatic heterocycles. The Kier molecular flexibility index (Phi) is 4.80. The molecule has 6 heteroatoms. The normalized spacial score (nSPS) is 9.47. The first-order valence-electron chi connectivity index (χ1n) is 5.08. The van der Waals surface area contributed by atoms with Gasteiger partial charge in [-0.05, 0) is 12.1 Å². The zero-order valence-corrected chi connectivity index (χ0v) is 9.53. The molecule has 92 valence electrons. The van der Waals surface area contributed by atoms with E-state index in [4.69, 9.17) is 10.5 Å². The van der Waals surface area contributed by atoms with Crippen molar-refractivity contribution in [2.75, 3.05) is 25.9 Å². The minimum Gasteiger partial charge on any atom is -0.482 e. The van der Waals surface area contributed by atoms with E-state index in [0.717, 1.165) is 0 Å². The highest BCUT2D eigenvalue weighted by Crippen LogP contribution is 2.19. The molecule has 0 atom stereocenters. The van der Waals surface area contributed by atoms with E-state index >= 15 is 0 Å². The predicted octanol–water partition coefficient (Wildman–Crippen LogP) is -0.490. The highest BCUT2D eigenvalue weighted by Gasteiger charge is 2.06. The van der Waals surface area contributed by atoms with Crippen molar-refractivity contribution in [3.8, 4) is 5.75 Å². The van der Waals surface area contributed by atoms with Crippen LogP contribution in [-0.4, -0.2) is 32.0 Å². The maximum atomic E-state index is 11.3. The van der Waals surface area contributed by atoms with E-state index in [0.29, 0.717) is 11.4 Å². The first-order chi connectivity index (χ1) is 8.13. The molecule has 0 spiro atoms. The summed E-state index contributed by atoms with van der Waals surface area (Å²) in [7, 11) is 1.50. The number of ether oxygens (including phenoxy) is 1. The molecule has 0 aliphatic rings. The first kappa shape index (κ1) is 12.8. The second-order valence-corrected chi connectivity index (χ2v) is 3.28. The lowest BCUT2D eigenvalue weighted by atomic mass is 10.3. The minimum atomic E-state index is -0.378. The molecule has 0 bridgehead atoms. The number of hydrogen-bond acceptors (Lipinski definition) is 4. The van der Waals surface area contributed by atoms with Gasteiger partial charge >= 0.3 is 0 Å². The second kappa shape index (κ2) is 6.37. The smallest absolute Gasteiger partial charge is 0.258 e. The number of nitrogens with two attached hydrogens (primary N) is 1. The van der Waals surface area contributed by atoms with Crippen LogP contribution in [0.5, 0.6) is 5.75 Å². The van der Waals surface area contributed by atoms with Crippen molar-refractivity contribution in [3.05, 3.63) is 24.3 Å². The summed E-state index contributed by atoms with van der Waals surface area (Å²) in [4.78, 5) is 22.1. The van der Waals surface area contributed by atoms with E-state index in [1.807, 2.05) is 0 Å². The molecule has 4 N–H and O–H groups in total. The molecule has 0 saturated carbocycles. The number of hydrogen-bond donors (Lipinski definition) is 3. The van der Waals surface area contributed by atoms with Crippen molar-refractivity contribution in [2.45, 2.75) is 0 Å². The van der Waals surface area contributed by atoms with Crippen LogP contribution in [0.4, 0.5) is 5.69 Å². The van der Waals surface area contributed by atoms with Crippen LogP contribution in [0.1, 0.15) is 0 Å². The van der Waals surface area contributed by atoms with Gasteiger partial charge in [-0.1, -0.05) is 12.1 Å². The summed E-state index contributed by atoms with van der Waals surface area (Å²) in [5, 5.41) is 4.80. The van der Waals surface area contributed by atoms with Crippen LogP contribution in [0.15, 0.2) is 24.3 Å². The molecular weight excluding hydrogens is 222 g/mol. The van der Waals surface area contributed by atoms with Gasteiger partial charge in [-0.25, -0.2) is 0 Å². The Morgan fingerprint density at radius 3 is 2.65 bits per heavy atom. The Bertz CT molecular complexity index is 407. The van der Waals surface area contributed by atoms with Crippen molar-refractivity contribution >= 4 is 17.5 Å². The number of carbonyl (C=O) groups excluding carboxylic acids is 2. The number of benzene rings is 1. The van der Waals surface area contributed by atoms with Crippen molar-refractivity contribution < 1.29 is 14.3 Å². The summed E-state index contributed by atoms with van der Waals surface area (Å²) in [6.45, 7) is -0.242. The van der Waals surface area contributed by atoms with E-state index < -0.39 is 0 Å². The number of amides is 2. The minimum absolute atomic E-state index is 0.0665. The van der Waals surface area contributed by atoms with Crippen molar-refractivity contribution in [2.24, 2.45) is 0 Å². The lowest BCUT2D eigenvalue weighted by Gasteiger charge is -2.08. The van der Waals surface area contributed by atoms with Crippen molar-refractivity contribution in [3.63, 3.8) is 0 Å². The lowest BCUT2D eigenvalue weighted by molar-refractivity contribution is -0.127. The van der Waals surface area contributed by atoms with E-state index in [1.54, 1.807) is 24.3 Å². The largest absolute Gasteiger partial charge is 0.482 e. The third kappa shape index (κ3) is 4.42. The van der Waals surface area contributed by atoms with Crippen LogP contribution in [0.2, 0.25) is 0 Å². The molecule has 1 aromatic rings. The van der Waals surface area contributed by atoms with Gasteiger partial charge in [-0.2, -0.15) is 0 Å². The Hall–Kier alpha value is -2.24. The van der Waals surface area contributed by atoms with Crippen molar-refractivity contribution in [1.82, 2.24) is 10.6 Å². The predicted molar refractivity (Wildman–Crippen MR) is 63.4 cm³/mol. The van der Waals surface area contributed by atoms with Crippen LogP contribution < -0.4 is 21.1 Å². The topological polar surface area (TPSA) is 93.5 Å². The Morgan fingerprint density at radius 1 is 1.29 bits per heavy atom. The maximum absolute atomic E-state index is 11.3. The molecule has 1 rings (SSSR count). The molecule has 0 unspecified atom stereocenters. The summed E-state index contributed by atoms with van der Waals surface area (Å²) in [6, 6.07) is 6.88. The average molecular weight is 237 g/mol. The molecule has 0 fully saturated rings. The van der Waals surface area contributed by atoms with Crippen LogP contribution >= 0.6 is 0 Å². The quantitative estimate of drug-likeness (QED) is 0.602.